The second-order valence-electron chi connectivity index (χ2n) is 7.77. The predicted octanol–water partition coefficient (Wildman–Crippen LogP) is 4.02. The molecular weight excluding hydrogens is 366 g/mol. The fraction of sp³-hybridized carbons (Fsp3) is 0.364. The molecule has 0 unspecified atom stereocenters. The van der Waals surface area contributed by atoms with Crippen molar-refractivity contribution in [3.63, 3.8) is 0 Å². The van der Waals surface area contributed by atoms with Gasteiger partial charge in [-0.15, -0.1) is 0 Å². The van der Waals surface area contributed by atoms with Crippen molar-refractivity contribution in [2.75, 3.05) is 18.0 Å². The van der Waals surface area contributed by atoms with Crippen LogP contribution in [0.1, 0.15) is 44.1 Å². The Labute approximate surface area is 169 Å². The minimum Gasteiger partial charge on any atom is -0.507 e. The first-order chi connectivity index (χ1) is 14.0. The lowest BCUT2D eigenvalue weighted by atomic mass is 9.76. The van der Waals surface area contributed by atoms with Crippen molar-refractivity contribution in [3.05, 3.63) is 54.0 Å². The van der Waals surface area contributed by atoms with E-state index in [1.165, 1.54) is 0 Å². The Hall–Kier alpha value is -3.40. The van der Waals surface area contributed by atoms with Crippen molar-refractivity contribution in [2.45, 2.75) is 38.0 Å². The molecule has 1 fully saturated rings. The Bertz CT molecular complexity index is 1050. The summed E-state index contributed by atoms with van der Waals surface area (Å²) in [5, 5.41) is 32.5. The van der Waals surface area contributed by atoms with Crippen molar-refractivity contribution < 1.29 is 9.63 Å². The normalized spacial score (nSPS) is 16.0. The van der Waals surface area contributed by atoms with E-state index in [2.05, 4.69) is 26.3 Å². The lowest BCUT2D eigenvalue weighted by Crippen LogP contribution is -2.42. The fourth-order valence-corrected chi connectivity index (χ4v) is 3.71. The minimum absolute atomic E-state index is 0.174. The van der Waals surface area contributed by atoms with Crippen LogP contribution < -0.4 is 4.90 Å². The van der Waals surface area contributed by atoms with Gasteiger partial charge in [-0.25, -0.2) is 0 Å². The Morgan fingerprint density at radius 2 is 1.97 bits per heavy atom. The molecule has 148 valence electrons. The van der Waals surface area contributed by atoms with Crippen LogP contribution in [-0.2, 0) is 5.41 Å². The fourth-order valence-electron chi connectivity index (χ4n) is 3.71. The molecule has 0 bridgehead atoms. The molecule has 0 saturated carbocycles. The summed E-state index contributed by atoms with van der Waals surface area (Å²) >= 11 is 0. The zero-order valence-corrected chi connectivity index (χ0v) is 16.5. The van der Waals surface area contributed by atoms with Crippen LogP contribution in [0.15, 0.2) is 47.1 Å². The summed E-state index contributed by atoms with van der Waals surface area (Å²) in [5.74, 6) is 1.22. The Kier molecular flexibility index (Phi) is 4.93. The first-order valence-electron chi connectivity index (χ1n) is 9.77. The quantitative estimate of drug-likeness (QED) is 0.719. The number of phenolic OH excluding ortho intramolecular Hbond substituents is 1. The van der Waals surface area contributed by atoms with E-state index in [4.69, 9.17) is 4.52 Å². The zero-order chi connectivity index (χ0) is 20.4. The summed E-state index contributed by atoms with van der Waals surface area (Å²) in [6, 6.07) is 13.4. The molecule has 3 aromatic rings. The predicted molar refractivity (Wildman–Crippen MR) is 108 cm³/mol. The van der Waals surface area contributed by atoms with Gasteiger partial charge >= 0.3 is 0 Å². The number of nitrogens with zero attached hydrogens (tertiary/aromatic N) is 5. The van der Waals surface area contributed by atoms with Gasteiger partial charge in [-0.3, -0.25) is 0 Å². The monoisotopic (exact) mass is 389 g/mol. The standard InChI is InChI=1S/C22H23N5O2/c1-15(2)20-12-21(26-29-20)22(14-23)7-9-27(10-8-22)16-11-18(25-24-13-16)17-5-3-4-6-19(17)28/h3-6,11-13,15,28H,7-10H2,1-2H3. The van der Waals surface area contributed by atoms with Crippen LogP contribution >= 0.6 is 0 Å². The summed E-state index contributed by atoms with van der Waals surface area (Å²) in [7, 11) is 0. The van der Waals surface area contributed by atoms with E-state index in [-0.39, 0.29) is 11.7 Å². The topological polar surface area (TPSA) is 99.1 Å². The molecule has 2 aromatic heterocycles. The number of rotatable bonds is 4. The van der Waals surface area contributed by atoms with Crippen LogP contribution in [0.5, 0.6) is 5.75 Å². The van der Waals surface area contributed by atoms with Gasteiger partial charge in [-0.2, -0.15) is 15.5 Å². The number of phenols is 1. The highest BCUT2D eigenvalue weighted by atomic mass is 16.5. The highest BCUT2D eigenvalue weighted by Gasteiger charge is 2.39. The van der Waals surface area contributed by atoms with E-state index in [1.54, 1.807) is 18.3 Å². The summed E-state index contributed by atoms with van der Waals surface area (Å²) < 4.78 is 5.44. The third-order valence-electron chi connectivity index (χ3n) is 5.60. The minimum atomic E-state index is -0.631. The maximum atomic E-state index is 10.1. The molecule has 0 spiro atoms. The molecule has 7 nitrogen and oxygen atoms in total. The molecule has 0 aliphatic carbocycles. The number of aromatic hydroxyl groups is 1. The van der Waals surface area contributed by atoms with Crippen molar-refractivity contribution >= 4 is 5.69 Å². The van der Waals surface area contributed by atoms with Crippen molar-refractivity contribution in [3.8, 4) is 23.1 Å². The largest absolute Gasteiger partial charge is 0.507 e. The number of hydrogen-bond donors (Lipinski definition) is 1. The SMILES string of the molecule is CC(C)c1cc(C2(C#N)CCN(c3cnnc(-c4ccccc4O)c3)CC2)no1. The molecule has 29 heavy (non-hydrogen) atoms. The number of para-hydroxylation sites is 1. The van der Waals surface area contributed by atoms with Crippen LogP contribution in [0.2, 0.25) is 0 Å². The molecule has 1 aliphatic heterocycles. The second kappa shape index (κ2) is 7.55. The van der Waals surface area contributed by atoms with Gasteiger partial charge in [-0.1, -0.05) is 31.1 Å². The van der Waals surface area contributed by atoms with Crippen molar-refractivity contribution in [1.82, 2.24) is 15.4 Å². The number of benzene rings is 1. The number of aromatic nitrogens is 3. The Balaban J connectivity index is 1.54. The third-order valence-corrected chi connectivity index (χ3v) is 5.60. The van der Waals surface area contributed by atoms with Gasteiger partial charge in [0.1, 0.15) is 22.6 Å². The maximum absolute atomic E-state index is 10.1. The number of anilines is 1. The van der Waals surface area contributed by atoms with Crippen LogP contribution in [0.4, 0.5) is 5.69 Å². The van der Waals surface area contributed by atoms with Crippen LogP contribution in [0, 0.1) is 11.3 Å². The van der Waals surface area contributed by atoms with Crippen molar-refractivity contribution in [1.29, 1.82) is 5.26 Å². The van der Waals surface area contributed by atoms with Crippen LogP contribution in [-0.4, -0.2) is 33.6 Å². The first kappa shape index (κ1) is 18.9. The molecule has 3 heterocycles. The van der Waals surface area contributed by atoms with Gasteiger partial charge in [0.05, 0.1) is 23.6 Å². The molecule has 0 atom stereocenters. The molecule has 1 aromatic carbocycles. The molecule has 1 aliphatic rings. The summed E-state index contributed by atoms with van der Waals surface area (Å²) in [6.45, 7) is 5.49. The summed E-state index contributed by atoms with van der Waals surface area (Å²) in [6.07, 6.45) is 3.03. The lowest BCUT2D eigenvalue weighted by molar-refractivity contribution is 0.337. The second-order valence-corrected chi connectivity index (χ2v) is 7.77. The molecule has 0 radical (unpaired) electrons. The summed E-state index contributed by atoms with van der Waals surface area (Å²) in [5.41, 5.74) is 2.29. The molecular formula is C22H23N5O2. The van der Waals surface area contributed by atoms with Crippen LogP contribution in [0.3, 0.4) is 0 Å². The molecule has 1 saturated heterocycles. The average Bonchev–Trinajstić information content (AvgIpc) is 3.26. The smallest absolute Gasteiger partial charge is 0.139 e. The summed E-state index contributed by atoms with van der Waals surface area (Å²) in [4.78, 5) is 2.19. The van der Waals surface area contributed by atoms with Crippen LogP contribution in [0.25, 0.3) is 11.3 Å². The van der Waals surface area contributed by atoms with Crippen molar-refractivity contribution in [2.24, 2.45) is 0 Å². The Morgan fingerprint density at radius 1 is 1.21 bits per heavy atom. The lowest BCUT2D eigenvalue weighted by Gasteiger charge is -2.37. The van der Waals surface area contributed by atoms with E-state index >= 15 is 0 Å². The van der Waals surface area contributed by atoms with Gasteiger partial charge in [0, 0.05) is 30.6 Å². The number of piperidine rings is 1. The van der Waals surface area contributed by atoms with Gasteiger partial charge in [0.25, 0.3) is 0 Å². The van der Waals surface area contributed by atoms with Gasteiger partial charge in [0.2, 0.25) is 0 Å². The molecule has 0 amide bonds. The maximum Gasteiger partial charge on any atom is 0.139 e. The van der Waals surface area contributed by atoms with Gasteiger partial charge < -0.3 is 14.5 Å². The highest BCUT2D eigenvalue weighted by Crippen LogP contribution is 2.37. The highest BCUT2D eigenvalue weighted by molar-refractivity contribution is 5.69. The van der Waals surface area contributed by atoms with E-state index in [1.807, 2.05) is 38.1 Å². The Morgan fingerprint density at radius 3 is 2.62 bits per heavy atom. The van der Waals surface area contributed by atoms with Gasteiger partial charge in [0.15, 0.2) is 0 Å². The molecule has 7 heteroatoms. The van der Waals surface area contributed by atoms with E-state index in [9.17, 15) is 10.4 Å². The van der Waals surface area contributed by atoms with Gasteiger partial charge in [-0.05, 0) is 31.0 Å². The average molecular weight is 389 g/mol. The van der Waals surface area contributed by atoms with E-state index < -0.39 is 5.41 Å². The zero-order valence-electron chi connectivity index (χ0n) is 16.5. The van der Waals surface area contributed by atoms with E-state index in [0.717, 1.165) is 17.1 Å². The van der Waals surface area contributed by atoms with E-state index in [0.29, 0.717) is 37.2 Å². The molecule has 1 N–H and O–H groups in total. The third kappa shape index (κ3) is 3.54. The number of nitriles is 1. The first-order valence-corrected chi connectivity index (χ1v) is 9.77. The number of hydrogen-bond acceptors (Lipinski definition) is 7. The molecule has 4 rings (SSSR count).